The van der Waals surface area contributed by atoms with Crippen molar-refractivity contribution in [3.63, 3.8) is 0 Å². The Morgan fingerprint density at radius 3 is 2.00 bits per heavy atom. The van der Waals surface area contributed by atoms with Gasteiger partial charge in [-0.15, -0.1) is 0 Å². The minimum Gasteiger partial charge on any atom is -0.451 e. The molecule has 1 N–H and O–H groups in total. The third kappa shape index (κ3) is 4.03. The molecule has 0 fully saturated rings. The average molecular weight is 476 g/mol. The van der Waals surface area contributed by atoms with E-state index >= 15 is 0 Å². The highest BCUT2D eigenvalue weighted by Crippen LogP contribution is 2.25. The molecule has 3 aromatic rings. The van der Waals surface area contributed by atoms with Gasteiger partial charge in [0.1, 0.15) is 11.7 Å². The zero-order valence-electron chi connectivity index (χ0n) is 19.6. The van der Waals surface area contributed by atoms with Crippen molar-refractivity contribution in [2.24, 2.45) is 7.05 Å². The van der Waals surface area contributed by atoms with Gasteiger partial charge in [-0.2, -0.15) is 0 Å². The van der Waals surface area contributed by atoms with E-state index in [4.69, 9.17) is 4.74 Å². The molecule has 3 amide bonds. The summed E-state index contributed by atoms with van der Waals surface area (Å²) < 4.78 is 8.26. The van der Waals surface area contributed by atoms with Gasteiger partial charge < -0.3 is 10.1 Å². The third-order valence-electron chi connectivity index (χ3n) is 6.02. The molecule has 0 spiro atoms. The van der Waals surface area contributed by atoms with Gasteiger partial charge in [0.25, 0.3) is 23.3 Å². The highest BCUT2D eigenvalue weighted by atomic mass is 16.5. The number of carbonyl (C=O) groups is 4. The van der Waals surface area contributed by atoms with Crippen molar-refractivity contribution in [2.75, 3.05) is 5.32 Å². The fraction of sp³-hybridized carbons (Fsp3) is 0.240. The van der Waals surface area contributed by atoms with Crippen LogP contribution in [0.25, 0.3) is 5.69 Å². The Hall–Kier alpha value is -4.47. The topological polar surface area (TPSA) is 120 Å². The number of ether oxygens (including phenoxy) is 1. The Kier molecular flexibility index (Phi) is 6.12. The molecule has 0 unspecified atom stereocenters. The molecule has 10 heteroatoms. The lowest BCUT2D eigenvalue weighted by atomic mass is 10.1. The van der Waals surface area contributed by atoms with E-state index in [0.29, 0.717) is 11.4 Å². The lowest BCUT2D eigenvalue weighted by molar-refractivity contribution is -0.156. The molecule has 2 atom stereocenters. The lowest BCUT2D eigenvalue weighted by Crippen LogP contribution is -2.45. The Morgan fingerprint density at radius 1 is 0.886 bits per heavy atom. The number of aromatic nitrogens is 2. The highest BCUT2D eigenvalue weighted by molar-refractivity contribution is 6.22. The number of fused-ring (bicyclic) bond motifs is 1. The highest BCUT2D eigenvalue weighted by Gasteiger charge is 2.41. The van der Waals surface area contributed by atoms with Gasteiger partial charge in [-0.05, 0) is 45.0 Å². The number of hydrogen-bond donors (Lipinski definition) is 1. The zero-order chi connectivity index (χ0) is 25.4. The van der Waals surface area contributed by atoms with E-state index in [1.807, 2.05) is 6.07 Å². The van der Waals surface area contributed by atoms with Crippen molar-refractivity contribution in [2.45, 2.75) is 32.9 Å². The van der Waals surface area contributed by atoms with Crippen molar-refractivity contribution in [3.05, 3.63) is 81.8 Å². The number of imide groups is 1. The summed E-state index contributed by atoms with van der Waals surface area (Å²) in [6.45, 7) is 4.38. The van der Waals surface area contributed by atoms with Crippen molar-refractivity contribution in [1.29, 1.82) is 0 Å². The van der Waals surface area contributed by atoms with E-state index in [2.05, 4.69) is 5.32 Å². The first-order chi connectivity index (χ1) is 16.6. The number of hydrogen-bond acceptors (Lipinski definition) is 6. The number of anilines is 1. The first-order valence-electron chi connectivity index (χ1n) is 11.0. The summed E-state index contributed by atoms with van der Waals surface area (Å²) in [6.07, 6.45) is -1.29. The van der Waals surface area contributed by atoms with E-state index in [1.54, 1.807) is 55.1 Å². The maximum atomic E-state index is 13.0. The van der Waals surface area contributed by atoms with Gasteiger partial charge >= 0.3 is 5.97 Å². The van der Waals surface area contributed by atoms with Crippen molar-refractivity contribution < 1.29 is 23.9 Å². The molecule has 0 radical (unpaired) electrons. The standard InChI is InChI=1S/C25H24N4O6/c1-14-20(24(33)29(27(14)4)17-10-6-5-7-11-17)26-21(30)16(3)35-25(34)15(2)28-22(31)18-12-8-9-13-19(18)23(28)32/h5-13,15-16H,1-4H3,(H,26,30)/t15-,16+/m0/s1. The SMILES string of the molecule is Cc1c(NC(=O)[C@@H](C)OC(=O)[C@H](C)N2C(=O)c3ccccc3C2=O)c(=O)n(-c2ccccc2)n1C. The summed E-state index contributed by atoms with van der Waals surface area (Å²) in [5.41, 5.74) is 1.15. The molecule has 0 bridgehead atoms. The Morgan fingerprint density at radius 2 is 1.43 bits per heavy atom. The molecule has 1 aromatic heterocycles. The first kappa shape index (κ1) is 23.7. The van der Waals surface area contributed by atoms with Crippen LogP contribution in [-0.2, 0) is 21.4 Å². The number of amides is 3. The minimum absolute atomic E-state index is 0.0534. The zero-order valence-corrected chi connectivity index (χ0v) is 19.6. The van der Waals surface area contributed by atoms with Crippen molar-refractivity contribution in [1.82, 2.24) is 14.3 Å². The number of rotatable bonds is 6. The molecule has 2 aromatic carbocycles. The van der Waals surface area contributed by atoms with Crippen LogP contribution >= 0.6 is 0 Å². The Bertz CT molecular complexity index is 1370. The number of nitrogens with one attached hydrogen (secondary N) is 1. The maximum Gasteiger partial charge on any atom is 0.329 e. The molecule has 0 saturated carbocycles. The van der Waals surface area contributed by atoms with Gasteiger partial charge in [0.05, 0.1) is 22.5 Å². The van der Waals surface area contributed by atoms with Crippen LogP contribution < -0.4 is 10.9 Å². The van der Waals surface area contributed by atoms with Crippen LogP contribution in [-0.4, -0.2) is 50.1 Å². The number of para-hydroxylation sites is 1. The fourth-order valence-corrected chi connectivity index (χ4v) is 3.93. The van der Waals surface area contributed by atoms with Gasteiger partial charge in [-0.25, -0.2) is 9.48 Å². The van der Waals surface area contributed by atoms with Crippen LogP contribution in [0.2, 0.25) is 0 Å². The quantitative estimate of drug-likeness (QED) is 0.430. The minimum atomic E-state index is -1.29. The number of benzene rings is 2. The summed E-state index contributed by atoms with van der Waals surface area (Å²) in [7, 11) is 1.69. The molecule has 10 nitrogen and oxygen atoms in total. The van der Waals surface area contributed by atoms with Gasteiger partial charge in [0.15, 0.2) is 6.10 Å². The molecule has 0 aliphatic carbocycles. The number of carbonyl (C=O) groups excluding carboxylic acids is 4. The molecular weight excluding hydrogens is 452 g/mol. The summed E-state index contributed by atoms with van der Waals surface area (Å²) in [6, 6.07) is 14.0. The Balaban J connectivity index is 1.47. The van der Waals surface area contributed by atoms with Crippen LogP contribution in [0.4, 0.5) is 5.69 Å². The molecule has 180 valence electrons. The van der Waals surface area contributed by atoms with E-state index in [-0.39, 0.29) is 16.8 Å². The molecule has 0 saturated heterocycles. The first-order valence-corrected chi connectivity index (χ1v) is 11.0. The molecule has 2 heterocycles. The largest absolute Gasteiger partial charge is 0.451 e. The smallest absolute Gasteiger partial charge is 0.329 e. The molecule has 1 aliphatic rings. The van der Waals surface area contributed by atoms with Gasteiger partial charge in [-0.3, -0.25) is 28.8 Å². The van der Waals surface area contributed by atoms with Crippen LogP contribution in [0, 0.1) is 6.92 Å². The second kappa shape index (κ2) is 9.05. The summed E-state index contributed by atoms with van der Waals surface area (Å²) >= 11 is 0. The van der Waals surface area contributed by atoms with E-state index in [1.165, 1.54) is 30.7 Å². The molecule has 4 rings (SSSR count). The van der Waals surface area contributed by atoms with Crippen molar-refractivity contribution >= 4 is 29.4 Å². The van der Waals surface area contributed by atoms with Crippen LogP contribution in [0.5, 0.6) is 0 Å². The predicted octanol–water partition coefficient (Wildman–Crippen LogP) is 2.04. The second-order valence-corrected chi connectivity index (χ2v) is 8.21. The normalized spacial score (nSPS) is 14.5. The van der Waals surface area contributed by atoms with Crippen LogP contribution in [0.1, 0.15) is 40.3 Å². The summed E-state index contributed by atoms with van der Waals surface area (Å²) in [5.74, 6) is -2.85. The predicted molar refractivity (Wildman–Crippen MR) is 126 cm³/mol. The average Bonchev–Trinajstić information content (AvgIpc) is 3.23. The summed E-state index contributed by atoms with van der Waals surface area (Å²) in [4.78, 5) is 64.5. The number of esters is 1. The number of nitrogens with zero attached hydrogens (tertiary/aromatic N) is 3. The van der Waals surface area contributed by atoms with Crippen LogP contribution in [0.15, 0.2) is 59.4 Å². The van der Waals surface area contributed by atoms with Gasteiger partial charge in [0.2, 0.25) is 0 Å². The monoisotopic (exact) mass is 476 g/mol. The van der Waals surface area contributed by atoms with E-state index < -0.39 is 41.4 Å². The summed E-state index contributed by atoms with van der Waals surface area (Å²) in [5, 5.41) is 2.54. The Labute approximate surface area is 200 Å². The molecule has 1 aliphatic heterocycles. The maximum absolute atomic E-state index is 13.0. The van der Waals surface area contributed by atoms with E-state index in [0.717, 1.165) is 4.90 Å². The van der Waals surface area contributed by atoms with Gasteiger partial charge in [0, 0.05) is 7.05 Å². The fourth-order valence-electron chi connectivity index (χ4n) is 3.93. The molecular formula is C25H24N4O6. The van der Waals surface area contributed by atoms with Gasteiger partial charge in [-0.1, -0.05) is 30.3 Å². The third-order valence-corrected chi connectivity index (χ3v) is 6.02. The van der Waals surface area contributed by atoms with Crippen molar-refractivity contribution in [3.8, 4) is 5.69 Å². The second-order valence-electron chi connectivity index (χ2n) is 8.21. The van der Waals surface area contributed by atoms with E-state index in [9.17, 15) is 24.0 Å². The lowest BCUT2D eigenvalue weighted by Gasteiger charge is -2.22. The van der Waals surface area contributed by atoms with Crippen LogP contribution in [0.3, 0.4) is 0 Å². The molecule has 35 heavy (non-hydrogen) atoms.